The van der Waals surface area contributed by atoms with Gasteiger partial charge in [0.15, 0.2) is 17.6 Å². The first-order chi connectivity index (χ1) is 13.3. The first kappa shape index (κ1) is 19.4. The van der Waals surface area contributed by atoms with E-state index in [-0.39, 0.29) is 30.0 Å². The second kappa shape index (κ2) is 8.12. The minimum atomic E-state index is -0.964. The summed E-state index contributed by atoms with van der Waals surface area (Å²) in [5.41, 5.74) is 1.25. The fourth-order valence-electron chi connectivity index (χ4n) is 2.54. The summed E-state index contributed by atoms with van der Waals surface area (Å²) >= 11 is 0. The molecule has 0 saturated carbocycles. The van der Waals surface area contributed by atoms with Gasteiger partial charge in [-0.2, -0.15) is 0 Å². The van der Waals surface area contributed by atoms with Crippen LogP contribution in [-0.4, -0.2) is 30.6 Å². The average molecular weight is 383 g/mol. The predicted octanol–water partition coefficient (Wildman–Crippen LogP) is 3.44. The van der Waals surface area contributed by atoms with Crippen molar-refractivity contribution in [3.05, 3.63) is 53.6 Å². The lowest BCUT2D eigenvalue weighted by molar-refractivity contribution is -0.118. The molecule has 0 aliphatic carbocycles. The lowest BCUT2D eigenvalue weighted by Crippen LogP contribution is -2.24. The van der Waals surface area contributed by atoms with E-state index in [9.17, 15) is 14.4 Å². The molecule has 0 saturated heterocycles. The van der Waals surface area contributed by atoms with Crippen LogP contribution in [0, 0.1) is 5.92 Å². The van der Waals surface area contributed by atoms with Crippen LogP contribution in [0.2, 0.25) is 0 Å². The third kappa shape index (κ3) is 4.31. The van der Waals surface area contributed by atoms with Crippen molar-refractivity contribution in [3.63, 3.8) is 0 Å². The molecule has 1 N–H and O–H groups in total. The van der Waals surface area contributed by atoms with Crippen LogP contribution in [0.1, 0.15) is 41.5 Å². The van der Waals surface area contributed by atoms with Gasteiger partial charge in [0.05, 0.1) is 5.56 Å². The van der Waals surface area contributed by atoms with E-state index in [1.54, 1.807) is 50.2 Å². The van der Waals surface area contributed by atoms with Gasteiger partial charge in [0.1, 0.15) is 0 Å². The number of ether oxygens (including phenoxy) is 3. The van der Waals surface area contributed by atoms with Crippen LogP contribution in [0.4, 0.5) is 5.69 Å². The number of carbonyl (C=O) groups is 3. The second-order valence-corrected chi connectivity index (χ2v) is 6.70. The molecule has 7 nitrogen and oxygen atoms in total. The summed E-state index contributed by atoms with van der Waals surface area (Å²) in [6.45, 7) is 5.21. The zero-order valence-corrected chi connectivity index (χ0v) is 15.9. The number of anilines is 1. The third-order valence-electron chi connectivity index (χ3n) is 4.22. The maximum atomic E-state index is 12.5. The van der Waals surface area contributed by atoms with E-state index in [2.05, 4.69) is 5.32 Å². The topological polar surface area (TPSA) is 90.9 Å². The molecule has 28 heavy (non-hydrogen) atoms. The quantitative estimate of drug-likeness (QED) is 0.607. The van der Waals surface area contributed by atoms with Gasteiger partial charge in [-0.3, -0.25) is 9.59 Å². The Morgan fingerprint density at radius 1 is 0.929 bits per heavy atom. The zero-order valence-electron chi connectivity index (χ0n) is 15.9. The molecule has 146 valence electrons. The van der Waals surface area contributed by atoms with Gasteiger partial charge >= 0.3 is 5.97 Å². The summed E-state index contributed by atoms with van der Waals surface area (Å²) in [4.78, 5) is 36.6. The van der Waals surface area contributed by atoms with Crippen molar-refractivity contribution in [3.8, 4) is 11.5 Å². The molecule has 1 heterocycles. The van der Waals surface area contributed by atoms with Crippen molar-refractivity contribution < 1.29 is 28.6 Å². The van der Waals surface area contributed by atoms with Crippen molar-refractivity contribution in [2.24, 2.45) is 5.92 Å². The maximum Gasteiger partial charge on any atom is 0.338 e. The summed E-state index contributed by atoms with van der Waals surface area (Å²) in [6, 6.07) is 11.1. The lowest BCUT2D eigenvalue weighted by Gasteiger charge is -2.13. The number of amides is 1. The molecule has 0 bridgehead atoms. The Hall–Kier alpha value is -3.35. The number of hydrogen-bond acceptors (Lipinski definition) is 6. The van der Waals surface area contributed by atoms with E-state index in [1.807, 2.05) is 0 Å². The number of hydrogen-bond donors (Lipinski definition) is 1. The van der Waals surface area contributed by atoms with Crippen molar-refractivity contribution in [2.45, 2.75) is 26.9 Å². The molecule has 2 aromatic rings. The Balaban J connectivity index is 1.62. The second-order valence-electron chi connectivity index (χ2n) is 6.70. The minimum absolute atomic E-state index is 0.106. The van der Waals surface area contributed by atoms with Crippen molar-refractivity contribution in [1.82, 2.24) is 0 Å². The van der Waals surface area contributed by atoms with Crippen LogP contribution in [0.5, 0.6) is 11.5 Å². The molecule has 0 radical (unpaired) electrons. The van der Waals surface area contributed by atoms with Crippen molar-refractivity contribution in [2.75, 3.05) is 12.1 Å². The highest BCUT2D eigenvalue weighted by atomic mass is 16.7. The number of rotatable bonds is 6. The summed E-state index contributed by atoms with van der Waals surface area (Å²) in [7, 11) is 0. The first-order valence-electron chi connectivity index (χ1n) is 8.91. The van der Waals surface area contributed by atoms with Crippen molar-refractivity contribution >= 4 is 23.3 Å². The fourth-order valence-corrected chi connectivity index (χ4v) is 2.54. The van der Waals surface area contributed by atoms with Crippen LogP contribution in [0.15, 0.2) is 42.5 Å². The molecule has 1 unspecified atom stereocenters. The van der Waals surface area contributed by atoms with E-state index in [0.29, 0.717) is 22.7 Å². The average Bonchev–Trinajstić information content (AvgIpc) is 3.15. The highest BCUT2D eigenvalue weighted by Crippen LogP contribution is 2.32. The van der Waals surface area contributed by atoms with E-state index >= 15 is 0 Å². The smallest absolute Gasteiger partial charge is 0.338 e. The van der Waals surface area contributed by atoms with Gasteiger partial charge in [-0.25, -0.2) is 4.79 Å². The largest absolute Gasteiger partial charge is 0.454 e. The molecule has 1 amide bonds. The SMILES string of the molecule is CC(C)C(=O)Nc1ccc(C(=O)C(C)OC(=O)c2ccc3c(c2)OCO3)cc1. The lowest BCUT2D eigenvalue weighted by atomic mass is 10.1. The summed E-state index contributed by atoms with van der Waals surface area (Å²) < 4.78 is 15.7. The molecule has 0 spiro atoms. The van der Waals surface area contributed by atoms with Gasteiger partial charge in [-0.1, -0.05) is 13.8 Å². The summed E-state index contributed by atoms with van der Waals surface area (Å²) in [5.74, 6) is -0.185. The number of carbonyl (C=O) groups excluding carboxylic acids is 3. The van der Waals surface area contributed by atoms with Crippen LogP contribution in [0.3, 0.4) is 0 Å². The summed E-state index contributed by atoms with van der Waals surface area (Å²) in [6.07, 6.45) is -0.964. The van der Waals surface area contributed by atoms with Crippen LogP contribution >= 0.6 is 0 Å². The Morgan fingerprint density at radius 2 is 1.57 bits per heavy atom. The number of benzene rings is 2. The number of ketones is 1. The van der Waals surface area contributed by atoms with Crippen LogP contribution in [-0.2, 0) is 9.53 Å². The van der Waals surface area contributed by atoms with Gasteiger partial charge < -0.3 is 19.5 Å². The van der Waals surface area contributed by atoms with Crippen LogP contribution < -0.4 is 14.8 Å². The summed E-state index contributed by atoms with van der Waals surface area (Å²) in [5, 5.41) is 2.75. The number of esters is 1. The van der Waals surface area contributed by atoms with Crippen LogP contribution in [0.25, 0.3) is 0 Å². The van der Waals surface area contributed by atoms with Gasteiger partial charge in [0.25, 0.3) is 0 Å². The Morgan fingerprint density at radius 3 is 2.25 bits per heavy atom. The Kier molecular flexibility index (Phi) is 5.63. The number of nitrogens with one attached hydrogen (secondary N) is 1. The van der Waals surface area contributed by atoms with Gasteiger partial charge in [-0.15, -0.1) is 0 Å². The molecule has 7 heteroatoms. The van der Waals surface area contributed by atoms with E-state index in [0.717, 1.165) is 0 Å². The van der Waals surface area contributed by atoms with E-state index < -0.39 is 12.1 Å². The van der Waals surface area contributed by atoms with Gasteiger partial charge in [-0.05, 0) is 49.4 Å². The molecule has 1 aliphatic heterocycles. The fraction of sp³-hybridized carbons (Fsp3) is 0.286. The molecule has 2 aromatic carbocycles. The Bertz CT molecular complexity index is 904. The highest BCUT2D eigenvalue weighted by Gasteiger charge is 2.22. The normalized spacial score (nSPS) is 13.1. The molecule has 3 rings (SSSR count). The van der Waals surface area contributed by atoms with Gasteiger partial charge in [0.2, 0.25) is 18.5 Å². The molecule has 1 aliphatic rings. The minimum Gasteiger partial charge on any atom is -0.454 e. The van der Waals surface area contributed by atoms with E-state index in [4.69, 9.17) is 14.2 Å². The highest BCUT2D eigenvalue weighted by molar-refractivity contribution is 6.02. The molecule has 0 aromatic heterocycles. The number of Topliss-reactive ketones (excluding diaryl/α,β-unsaturated/α-hetero) is 1. The monoisotopic (exact) mass is 383 g/mol. The molecule has 1 atom stereocenters. The third-order valence-corrected chi connectivity index (χ3v) is 4.22. The standard InChI is InChI=1S/C21H21NO6/c1-12(2)20(24)22-16-7-4-14(5-8-16)19(23)13(3)28-21(25)15-6-9-17-18(10-15)27-11-26-17/h4-10,12-13H,11H2,1-3H3,(H,22,24). The van der Waals surface area contributed by atoms with Crippen molar-refractivity contribution in [1.29, 1.82) is 0 Å². The first-order valence-corrected chi connectivity index (χ1v) is 8.91. The van der Waals surface area contributed by atoms with Gasteiger partial charge in [0, 0.05) is 17.2 Å². The molecular weight excluding hydrogens is 362 g/mol. The van der Waals surface area contributed by atoms with E-state index in [1.165, 1.54) is 13.0 Å². The Labute approximate surface area is 162 Å². The molecule has 0 fully saturated rings. The maximum absolute atomic E-state index is 12.5. The number of fused-ring (bicyclic) bond motifs is 1. The molecular formula is C21H21NO6. The zero-order chi connectivity index (χ0) is 20.3. The predicted molar refractivity (Wildman–Crippen MR) is 102 cm³/mol.